The molecule has 2 aromatic carbocycles. The number of aromatic nitrogens is 1. The molecule has 0 amide bonds. The van der Waals surface area contributed by atoms with Gasteiger partial charge in [0.1, 0.15) is 11.5 Å². The molecule has 136 valence electrons. The summed E-state index contributed by atoms with van der Waals surface area (Å²) in [7, 11) is -3.99. The van der Waals surface area contributed by atoms with Gasteiger partial charge in [0.25, 0.3) is 0 Å². The zero-order chi connectivity index (χ0) is 18.4. The average molecular weight is 390 g/mol. The lowest BCUT2D eigenvalue weighted by molar-refractivity contribution is 0.295. The molecule has 0 saturated heterocycles. The topological polar surface area (TPSA) is 69.7 Å². The van der Waals surface area contributed by atoms with Gasteiger partial charge in [-0.1, -0.05) is 36.4 Å². The molecule has 0 aliphatic rings. The van der Waals surface area contributed by atoms with E-state index in [-0.39, 0.29) is 11.9 Å². The van der Waals surface area contributed by atoms with Crippen LogP contribution in [-0.4, -0.2) is 11.0 Å². The Hall–Kier alpha value is -2.50. The summed E-state index contributed by atoms with van der Waals surface area (Å²) in [5, 5.41) is 5.49. The van der Waals surface area contributed by atoms with Gasteiger partial charge in [-0.25, -0.2) is 0 Å². The van der Waals surface area contributed by atoms with Crippen molar-refractivity contribution in [1.29, 1.82) is 0 Å². The number of benzene rings is 2. The quantitative estimate of drug-likeness (QED) is 0.504. The summed E-state index contributed by atoms with van der Waals surface area (Å²) in [5.74, 6) is 0.929. The van der Waals surface area contributed by atoms with Gasteiger partial charge in [-0.05, 0) is 38.1 Å². The highest BCUT2D eigenvalue weighted by molar-refractivity contribution is 7.49. The zero-order valence-electron chi connectivity index (χ0n) is 14.4. The van der Waals surface area contributed by atoms with E-state index in [1.165, 1.54) is 11.3 Å². The maximum Gasteiger partial charge on any atom is 0.648 e. The summed E-state index contributed by atoms with van der Waals surface area (Å²) in [5.41, 5.74) is 0. The number of thiazole rings is 1. The smallest absolute Gasteiger partial charge is 0.386 e. The van der Waals surface area contributed by atoms with Crippen LogP contribution in [0, 0.1) is 0 Å². The molecule has 1 aromatic heterocycles. The summed E-state index contributed by atoms with van der Waals surface area (Å²) in [6, 6.07) is 17.7. The maximum atomic E-state index is 13.2. The van der Waals surface area contributed by atoms with Gasteiger partial charge in [-0.15, -0.1) is 11.3 Å². The van der Waals surface area contributed by atoms with E-state index in [1.807, 2.05) is 26.0 Å². The van der Waals surface area contributed by atoms with Crippen molar-refractivity contribution in [2.45, 2.75) is 19.9 Å². The highest BCUT2D eigenvalue weighted by Crippen LogP contribution is 2.49. The molecule has 1 N–H and O–H groups in total. The first kappa shape index (κ1) is 18.3. The minimum atomic E-state index is -3.99. The fraction of sp³-hybridized carbons (Fsp3) is 0.167. The Labute approximate surface area is 156 Å². The highest BCUT2D eigenvalue weighted by Gasteiger charge is 2.34. The van der Waals surface area contributed by atoms with Crippen LogP contribution in [-0.2, 0) is 4.57 Å². The van der Waals surface area contributed by atoms with E-state index < -0.39 is 7.82 Å². The van der Waals surface area contributed by atoms with Crippen molar-refractivity contribution in [1.82, 2.24) is 4.98 Å². The Balaban J connectivity index is 1.82. The van der Waals surface area contributed by atoms with Crippen LogP contribution in [0.25, 0.3) is 0 Å². The molecule has 0 radical (unpaired) electrons. The zero-order valence-corrected chi connectivity index (χ0v) is 16.1. The fourth-order valence-corrected chi connectivity index (χ4v) is 4.03. The van der Waals surface area contributed by atoms with Crippen molar-refractivity contribution in [3.63, 3.8) is 0 Å². The molecule has 0 spiro atoms. The van der Waals surface area contributed by atoms with Gasteiger partial charge < -0.3 is 18.9 Å². The van der Waals surface area contributed by atoms with E-state index in [2.05, 4.69) is 10.3 Å². The molecule has 0 aliphatic heterocycles. The number of nitrogens with zero attached hydrogens (tertiary/aromatic N) is 1. The molecular weight excluding hydrogens is 371 g/mol. The molecule has 1 heterocycles. The number of nitrogens with one attached hydrogen (secondary N) is 1. The third-order valence-corrected chi connectivity index (χ3v) is 5.05. The first-order valence-corrected chi connectivity index (χ1v) is 10.4. The van der Waals surface area contributed by atoms with E-state index in [1.54, 1.807) is 53.9 Å². The van der Waals surface area contributed by atoms with E-state index in [0.29, 0.717) is 16.6 Å². The van der Waals surface area contributed by atoms with E-state index in [0.717, 1.165) is 0 Å². The summed E-state index contributed by atoms with van der Waals surface area (Å²) in [6.45, 7) is 4.01. The van der Waals surface area contributed by atoms with E-state index >= 15 is 0 Å². The SMILES string of the molecule is CC(C)Nc1nc(OP(=O)(Oc2ccccc2)Oc2ccccc2)cs1. The van der Waals surface area contributed by atoms with Crippen molar-refractivity contribution >= 4 is 24.3 Å². The number of rotatable bonds is 8. The Kier molecular flexibility index (Phi) is 5.81. The molecule has 8 heteroatoms. The lowest BCUT2D eigenvalue weighted by Crippen LogP contribution is -2.10. The van der Waals surface area contributed by atoms with Crippen molar-refractivity contribution in [3.8, 4) is 17.4 Å². The van der Waals surface area contributed by atoms with Gasteiger partial charge >= 0.3 is 7.82 Å². The van der Waals surface area contributed by atoms with Crippen LogP contribution in [0.3, 0.4) is 0 Å². The van der Waals surface area contributed by atoms with Crippen LogP contribution in [0.1, 0.15) is 13.8 Å². The predicted octanol–water partition coefficient (Wildman–Crippen LogP) is 5.61. The monoisotopic (exact) mass is 390 g/mol. The standard InChI is InChI=1S/C18H19N2O4PS/c1-14(2)19-18-20-17(13-26-18)24-25(21,22-15-9-5-3-6-10-15)23-16-11-7-4-8-12-16/h3-14H,1-2H3,(H,19,20). The van der Waals surface area contributed by atoms with Crippen LogP contribution in [0.15, 0.2) is 66.0 Å². The van der Waals surface area contributed by atoms with E-state index in [9.17, 15) is 4.57 Å². The maximum absolute atomic E-state index is 13.2. The van der Waals surface area contributed by atoms with Crippen LogP contribution in [0.5, 0.6) is 17.4 Å². The lowest BCUT2D eigenvalue weighted by atomic mass is 10.3. The Morgan fingerprint density at radius 3 is 1.96 bits per heavy atom. The van der Waals surface area contributed by atoms with Crippen LogP contribution in [0.4, 0.5) is 5.13 Å². The van der Waals surface area contributed by atoms with Crippen LogP contribution < -0.4 is 18.9 Å². The molecule has 3 rings (SSSR count). The normalized spacial score (nSPS) is 11.2. The number of hydrogen-bond donors (Lipinski definition) is 1. The molecule has 0 unspecified atom stereocenters. The Morgan fingerprint density at radius 1 is 0.923 bits per heavy atom. The second-order valence-electron chi connectivity index (χ2n) is 5.64. The Morgan fingerprint density at radius 2 is 1.46 bits per heavy atom. The summed E-state index contributed by atoms with van der Waals surface area (Å²) in [6.07, 6.45) is 0. The predicted molar refractivity (Wildman–Crippen MR) is 103 cm³/mol. The summed E-state index contributed by atoms with van der Waals surface area (Å²) >= 11 is 1.35. The number of phosphoric ester groups is 1. The molecule has 0 fully saturated rings. The minimum absolute atomic E-state index is 0.174. The van der Waals surface area contributed by atoms with Crippen molar-refractivity contribution in [2.24, 2.45) is 0 Å². The fourth-order valence-electron chi connectivity index (χ4n) is 2.01. The molecule has 6 nitrogen and oxygen atoms in total. The first-order chi connectivity index (χ1) is 12.5. The molecular formula is C18H19N2O4PS. The third kappa shape index (κ3) is 5.25. The molecule has 0 atom stereocenters. The second-order valence-corrected chi connectivity index (χ2v) is 7.94. The van der Waals surface area contributed by atoms with Crippen LogP contribution >= 0.6 is 19.2 Å². The van der Waals surface area contributed by atoms with Gasteiger partial charge in [0.15, 0.2) is 5.13 Å². The van der Waals surface area contributed by atoms with Crippen LogP contribution in [0.2, 0.25) is 0 Å². The van der Waals surface area contributed by atoms with Crippen molar-refractivity contribution in [3.05, 3.63) is 66.0 Å². The second kappa shape index (κ2) is 8.25. The number of hydrogen-bond acceptors (Lipinski definition) is 7. The summed E-state index contributed by atoms with van der Waals surface area (Å²) < 4.78 is 29.9. The molecule has 3 aromatic rings. The van der Waals surface area contributed by atoms with Crippen molar-refractivity contribution in [2.75, 3.05) is 5.32 Å². The molecule has 0 aliphatic carbocycles. The summed E-state index contributed by atoms with van der Waals surface area (Å²) in [4.78, 5) is 4.27. The number of anilines is 1. The van der Waals surface area contributed by atoms with Gasteiger partial charge in [0.05, 0.1) is 5.38 Å². The molecule has 0 saturated carbocycles. The van der Waals surface area contributed by atoms with Gasteiger partial charge in [0, 0.05) is 6.04 Å². The number of phosphoric acid groups is 1. The van der Waals surface area contributed by atoms with Gasteiger partial charge in [-0.3, -0.25) is 0 Å². The van der Waals surface area contributed by atoms with Gasteiger partial charge in [-0.2, -0.15) is 9.55 Å². The van der Waals surface area contributed by atoms with E-state index in [4.69, 9.17) is 13.6 Å². The molecule has 26 heavy (non-hydrogen) atoms. The highest BCUT2D eigenvalue weighted by atomic mass is 32.1. The first-order valence-electron chi connectivity index (χ1n) is 8.03. The minimum Gasteiger partial charge on any atom is -0.386 e. The molecule has 0 bridgehead atoms. The largest absolute Gasteiger partial charge is 0.648 e. The lowest BCUT2D eigenvalue weighted by Gasteiger charge is -2.18. The number of para-hydroxylation sites is 2. The average Bonchev–Trinajstić information content (AvgIpc) is 3.02. The third-order valence-electron chi connectivity index (χ3n) is 3.02. The van der Waals surface area contributed by atoms with Gasteiger partial charge in [0.2, 0.25) is 5.88 Å². The van der Waals surface area contributed by atoms with Crippen molar-refractivity contribution < 1.29 is 18.1 Å². The Bertz CT molecular complexity index is 826.